The van der Waals surface area contributed by atoms with Gasteiger partial charge in [-0.1, -0.05) is 25.1 Å². The van der Waals surface area contributed by atoms with Crippen LogP contribution in [0.25, 0.3) is 0 Å². The predicted octanol–water partition coefficient (Wildman–Crippen LogP) is 2.61. The molecule has 0 aliphatic carbocycles. The molecule has 1 N–H and O–H groups in total. The number of benzene rings is 2. The first kappa shape index (κ1) is 25.0. The van der Waals surface area contributed by atoms with E-state index in [4.69, 9.17) is 4.74 Å². The van der Waals surface area contributed by atoms with E-state index >= 15 is 0 Å². The third kappa shape index (κ3) is 5.71. The molecule has 32 heavy (non-hydrogen) atoms. The molecular formula is C22H26N2O7S. The number of para-hydroxylation sites is 1. The molecule has 0 heterocycles. The van der Waals surface area contributed by atoms with Gasteiger partial charge in [0.25, 0.3) is 0 Å². The number of carbonyl (C=O) groups is 3. The van der Waals surface area contributed by atoms with Crippen molar-refractivity contribution in [2.45, 2.75) is 25.2 Å². The second-order valence-corrected chi connectivity index (χ2v) is 8.80. The Kier molecular flexibility index (Phi) is 8.50. The van der Waals surface area contributed by atoms with Gasteiger partial charge in [0.05, 0.1) is 36.8 Å². The highest BCUT2D eigenvalue weighted by molar-refractivity contribution is 7.89. The smallest absolute Gasteiger partial charge is 0.339 e. The molecule has 0 saturated heterocycles. The van der Waals surface area contributed by atoms with Crippen molar-refractivity contribution in [2.75, 3.05) is 32.6 Å². The Hall–Kier alpha value is -3.24. The highest BCUT2D eigenvalue weighted by atomic mass is 32.2. The van der Waals surface area contributed by atoms with Crippen molar-refractivity contribution in [1.82, 2.24) is 4.31 Å². The van der Waals surface area contributed by atoms with Crippen molar-refractivity contribution in [3.8, 4) is 0 Å². The number of ether oxygens (including phenoxy) is 2. The van der Waals surface area contributed by atoms with E-state index in [0.717, 1.165) is 30.2 Å². The number of sulfonamides is 1. The highest BCUT2D eigenvalue weighted by Crippen LogP contribution is 2.24. The van der Waals surface area contributed by atoms with Gasteiger partial charge < -0.3 is 14.8 Å². The number of methoxy groups -OCH3 is 2. The van der Waals surface area contributed by atoms with Gasteiger partial charge in [-0.2, -0.15) is 4.31 Å². The lowest BCUT2D eigenvalue weighted by atomic mass is 10.1. The second kappa shape index (κ2) is 10.9. The molecule has 0 fully saturated rings. The van der Waals surface area contributed by atoms with Gasteiger partial charge in [0.1, 0.15) is 0 Å². The van der Waals surface area contributed by atoms with Gasteiger partial charge in [0.2, 0.25) is 15.9 Å². The van der Waals surface area contributed by atoms with Crippen LogP contribution in [0.1, 0.15) is 39.6 Å². The zero-order valence-corrected chi connectivity index (χ0v) is 19.2. The van der Waals surface area contributed by atoms with Gasteiger partial charge >= 0.3 is 11.9 Å². The molecule has 1 amide bonds. The van der Waals surface area contributed by atoms with Crippen LogP contribution >= 0.6 is 0 Å². The molecule has 2 aromatic carbocycles. The van der Waals surface area contributed by atoms with Crippen molar-refractivity contribution in [3.05, 3.63) is 59.2 Å². The van der Waals surface area contributed by atoms with Gasteiger partial charge in [-0.05, 0) is 43.2 Å². The molecule has 172 valence electrons. The van der Waals surface area contributed by atoms with Crippen LogP contribution in [-0.2, 0) is 24.3 Å². The van der Waals surface area contributed by atoms with Gasteiger partial charge in [0.15, 0.2) is 0 Å². The van der Waals surface area contributed by atoms with E-state index in [0.29, 0.717) is 12.1 Å². The fourth-order valence-corrected chi connectivity index (χ4v) is 4.69. The normalized spacial score (nSPS) is 11.2. The van der Waals surface area contributed by atoms with Crippen molar-refractivity contribution < 1.29 is 32.3 Å². The van der Waals surface area contributed by atoms with Crippen LogP contribution in [0.2, 0.25) is 0 Å². The maximum absolute atomic E-state index is 13.5. The molecular weight excluding hydrogens is 436 g/mol. The Morgan fingerprint density at radius 2 is 1.66 bits per heavy atom. The maximum atomic E-state index is 13.5. The number of nitrogens with one attached hydrogen (secondary N) is 1. The van der Waals surface area contributed by atoms with Gasteiger partial charge in [0, 0.05) is 12.2 Å². The summed E-state index contributed by atoms with van der Waals surface area (Å²) >= 11 is 0. The number of anilines is 1. The van der Waals surface area contributed by atoms with E-state index in [9.17, 15) is 22.8 Å². The molecule has 2 rings (SSSR count). The van der Waals surface area contributed by atoms with E-state index < -0.39 is 39.3 Å². The number of aryl methyl sites for hydroxylation is 1. The van der Waals surface area contributed by atoms with Crippen LogP contribution in [0.4, 0.5) is 5.69 Å². The Morgan fingerprint density at radius 3 is 2.25 bits per heavy atom. The molecule has 0 saturated carbocycles. The number of amides is 1. The minimum Gasteiger partial charge on any atom is -0.465 e. The third-order valence-electron chi connectivity index (χ3n) is 4.64. The van der Waals surface area contributed by atoms with Crippen molar-refractivity contribution in [1.29, 1.82) is 0 Å². The fourth-order valence-electron chi connectivity index (χ4n) is 2.99. The Bertz CT molecular complexity index is 1110. The molecule has 0 atom stereocenters. The van der Waals surface area contributed by atoms with Crippen LogP contribution in [0.15, 0.2) is 47.4 Å². The molecule has 0 aromatic heterocycles. The molecule has 9 nitrogen and oxygen atoms in total. The largest absolute Gasteiger partial charge is 0.465 e. The van der Waals surface area contributed by atoms with Crippen LogP contribution in [0, 0.1) is 6.92 Å². The van der Waals surface area contributed by atoms with E-state index in [-0.39, 0.29) is 17.7 Å². The molecule has 0 radical (unpaired) electrons. The van der Waals surface area contributed by atoms with Crippen molar-refractivity contribution in [2.24, 2.45) is 0 Å². The summed E-state index contributed by atoms with van der Waals surface area (Å²) in [4.78, 5) is 36.4. The zero-order chi connectivity index (χ0) is 23.9. The summed E-state index contributed by atoms with van der Waals surface area (Å²) in [6, 6.07) is 10.6. The highest BCUT2D eigenvalue weighted by Gasteiger charge is 2.31. The maximum Gasteiger partial charge on any atom is 0.339 e. The monoisotopic (exact) mass is 462 g/mol. The van der Waals surface area contributed by atoms with Gasteiger partial charge in [-0.15, -0.1) is 0 Å². The summed E-state index contributed by atoms with van der Waals surface area (Å²) in [7, 11) is -2.07. The molecule has 2 aromatic rings. The number of nitrogens with zero attached hydrogens (tertiary/aromatic N) is 1. The topological polar surface area (TPSA) is 119 Å². The van der Waals surface area contributed by atoms with Gasteiger partial charge in [-0.3, -0.25) is 4.79 Å². The average Bonchev–Trinajstić information content (AvgIpc) is 2.78. The Labute approximate surface area is 187 Å². The van der Waals surface area contributed by atoms with E-state index in [2.05, 4.69) is 10.1 Å². The lowest BCUT2D eigenvalue weighted by molar-refractivity contribution is -0.116. The summed E-state index contributed by atoms with van der Waals surface area (Å²) in [5.41, 5.74) is 1.08. The number of hydrogen-bond acceptors (Lipinski definition) is 7. The first-order valence-corrected chi connectivity index (χ1v) is 11.3. The fraction of sp³-hybridized carbons (Fsp3) is 0.318. The lowest BCUT2D eigenvalue weighted by Gasteiger charge is -2.23. The summed E-state index contributed by atoms with van der Waals surface area (Å²) in [5.74, 6) is -2.20. The van der Waals surface area contributed by atoms with E-state index in [1.54, 1.807) is 19.1 Å². The number of hydrogen-bond donors (Lipinski definition) is 1. The minimum atomic E-state index is -4.35. The summed E-state index contributed by atoms with van der Waals surface area (Å²) < 4.78 is 37.2. The summed E-state index contributed by atoms with van der Waals surface area (Å²) in [6.07, 6.45) is 0.418. The summed E-state index contributed by atoms with van der Waals surface area (Å²) in [5, 5.41) is 2.70. The standard InChI is InChI=1S/C22H26N2O7S/c1-5-12-24(14-20(25)23-18-9-7-6-8-15(18)2)32(28,29)19-13-16(21(26)30-3)10-11-17(19)22(27)31-4/h6-11,13H,5,12,14H2,1-4H3,(H,23,25). The molecule has 0 unspecified atom stereocenters. The zero-order valence-electron chi connectivity index (χ0n) is 18.4. The molecule has 0 aliphatic heterocycles. The molecule has 0 spiro atoms. The number of esters is 2. The first-order valence-electron chi connectivity index (χ1n) is 9.82. The molecule has 0 aliphatic rings. The van der Waals surface area contributed by atoms with Gasteiger partial charge in [-0.25, -0.2) is 18.0 Å². The predicted molar refractivity (Wildman–Crippen MR) is 118 cm³/mol. The third-order valence-corrected chi connectivity index (χ3v) is 6.52. The second-order valence-electron chi connectivity index (χ2n) is 6.90. The van der Waals surface area contributed by atoms with Crippen LogP contribution in [0.5, 0.6) is 0 Å². The number of rotatable bonds is 9. The molecule has 10 heteroatoms. The van der Waals surface area contributed by atoms with E-state index in [1.165, 1.54) is 12.1 Å². The van der Waals surface area contributed by atoms with Crippen LogP contribution < -0.4 is 5.32 Å². The van der Waals surface area contributed by atoms with Crippen LogP contribution in [0.3, 0.4) is 0 Å². The lowest BCUT2D eigenvalue weighted by Crippen LogP contribution is -2.39. The average molecular weight is 463 g/mol. The number of carbonyl (C=O) groups excluding carboxylic acids is 3. The first-order chi connectivity index (χ1) is 15.1. The summed E-state index contributed by atoms with van der Waals surface area (Å²) in [6.45, 7) is 3.12. The minimum absolute atomic E-state index is 0.0204. The molecule has 0 bridgehead atoms. The Balaban J connectivity index is 2.46. The van der Waals surface area contributed by atoms with Crippen molar-refractivity contribution >= 4 is 33.6 Å². The SMILES string of the molecule is CCCN(CC(=O)Nc1ccccc1C)S(=O)(=O)c1cc(C(=O)OC)ccc1C(=O)OC. The Morgan fingerprint density at radius 1 is 1.00 bits per heavy atom. The van der Waals surface area contributed by atoms with Crippen LogP contribution in [-0.4, -0.2) is 57.9 Å². The van der Waals surface area contributed by atoms with Crippen molar-refractivity contribution in [3.63, 3.8) is 0 Å². The quantitative estimate of drug-likeness (QED) is 0.569. The van der Waals surface area contributed by atoms with E-state index in [1.807, 2.05) is 19.1 Å².